The summed E-state index contributed by atoms with van der Waals surface area (Å²) in [6.45, 7) is 0.0739. The zero-order valence-electron chi connectivity index (χ0n) is 16.0. The molecule has 30 heavy (non-hydrogen) atoms. The predicted molar refractivity (Wildman–Crippen MR) is 112 cm³/mol. The third kappa shape index (κ3) is 5.06. The average molecular weight is 430 g/mol. The number of amidine groups is 1. The summed E-state index contributed by atoms with van der Waals surface area (Å²) in [4.78, 5) is 7.85. The molecule has 0 spiro atoms. The van der Waals surface area contributed by atoms with Crippen molar-refractivity contribution in [3.05, 3.63) is 70.9 Å². The molecule has 0 aliphatic carbocycles. The summed E-state index contributed by atoms with van der Waals surface area (Å²) in [6.07, 6.45) is 4.89. The van der Waals surface area contributed by atoms with Gasteiger partial charge in [-0.1, -0.05) is 23.4 Å². The number of nitrogens with two attached hydrogens (primary N) is 1. The maximum absolute atomic E-state index is 13.9. The topological polar surface area (TPSA) is 147 Å². The van der Waals surface area contributed by atoms with Gasteiger partial charge in [-0.05, 0) is 12.1 Å². The second kappa shape index (κ2) is 8.82. The van der Waals surface area contributed by atoms with Gasteiger partial charge in [0.1, 0.15) is 28.5 Å². The molecule has 1 aromatic carbocycles. The molecule has 1 aromatic heterocycles. The summed E-state index contributed by atoms with van der Waals surface area (Å²) in [5.41, 5.74) is 7.09. The van der Waals surface area contributed by atoms with Gasteiger partial charge in [-0.25, -0.2) is 12.8 Å². The van der Waals surface area contributed by atoms with E-state index in [2.05, 4.69) is 20.5 Å². The first-order valence-electron chi connectivity index (χ1n) is 8.71. The van der Waals surface area contributed by atoms with E-state index in [9.17, 15) is 12.8 Å². The van der Waals surface area contributed by atoms with E-state index >= 15 is 0 Å². The molecule has 4 N–H and O–H groups in total. The van der Waals surface area contributed by atoms with Crippen LogP contribution in [0.2, 0.25) is 0 Å². The molecule has 0 fully saturated rings. The molecule has 0 atom stereocenters. The van der Waals surface area contributed by atoms with Crippen LogP contribution in [0.15, 0.2) is 68.3 Å². The van der Waals surface area contributed by atoms with Gasteiger partial charge in [0.15, 0.2) is 9.84 Å². The largest absolute Gasteiger partial charge is 0.383 e. The number of hydrogen-bond acceptors (Lipinski definition) is 9. The number of aromatic nitrogens is 1. The summed E-state index contributed by atoms with van der Waals surface area (Å²) in [5.74, 6) is -0.529. The maximum Gasteiger partial charge on any atom is 0.180 e. The molecule has 2 heterocycles. The SMILES string of the molecule is CS(=O)(=O)C1=CN=C(C(=N)/C=C(\NCc2ccccc2F)c2ccon2)CN=C1N. The number of benzene rings is 1. The van der Waals surface area contributed by atoms with Crippen LogP contribution in [0.3, 0.4) is 0 Å². The molecule has 3 rings (SSSR count). The van der Waals surface area contributed by atoms with Gasteiger partial charge >= 0.3 is 0 Å². The van der Waals surface area contributed by atoms with Crippen molar-refractivity contribution in [2.45, 2.75) is 6.54 Å². The first-order chi connectivity index (χ1) is 14.3. The van der Waals surface area contributed by atoms with Crippen molar-refractivity contribution < 1.29 is 17.3 Å². The van der Waals surface area contributed by atoms with E-state index in [-0.39, 0.29) is 41.1 Å². The van der Waals surface area contributed by atoms with Gasteiger partial charge < -0.3 is 15.6 Å². The van der Waals surface area contributed by atoms with Crippen LogP contribution in [0.25, 0.3) is 5.70 Å². The minimum atomic E-state index is -3.61. The van der Waals surface area contributed by atoms with E-state index in [0.29, 0.717) is 17.0 Å². The monoisotopic (exact) mass is 430 g/mol. The molecule has 2 aromatic rings. The van der Waals surface area contributed by atoms with Crippen LogP contribution in [0.1, 0.15) is 11.3 Å². The van der Waals surface area contributed by atoms with Gasteiger partial charge in [0.05, 0.1) is 23.7 Å². The number of aliphatic imine (C=N–C) groups is 2. The fourth-order valence-electron chi connectivity index (χ4n) is 2.55. The standard InChI is InChI=1S/C19H19FN6O3S/c1-30(27,28)18-11-24-17(10-25-19(18)22)14(21)8-16(15-6-7-29-26-15)23-9-12-4-2-3-5-13(12)20/h2-8,11,21,23H,9-10H2,1H3,(H2,22,25)/b16-8-,21-14?. The third-order valence-electron chi connectivity index (χ3n) is 4.13. The third-order valence-corrected chi connectivity index (χ3v) is 5.24. The predicted octanol–water partition coefficient (Wildman–Crippen LogP) is 1.66. The molecule has 9 nitrogen and oxygen atoms in total. The first kappa shape index (κ1) is 21.1. The molecule has 0 bridgehead atoms. The lowest BCUT2D eigenvalue weighted by Crippen LogP contribution is -2.22. The molecule has 0 radical (unpaired) electrons. The normalized spacial score (nSPS) is 15.0. The Labute approximate surface area is 172 Å². The highest BCUT2D eigenvalue weighted by Crippen LogP contribution is 2.14. The number of nitrogens with one attached hydrogen (secondary N) is 2. The van der Waals surface area contributed by atoms with Gasteiger partial charge in [-0.2, -0.15) is 0 Å². The Bertz CT molecular complexity index is 1180. The highest BCUT2D eigenvalue weighted by molar-refractivity contribution is 7.95. The van der Waals surface area contributed by atoms with Gasteiger partial charge in [0, 0.05) is 30.6 Å². The average Bonchev–Trinajstić information content (AvgIpc) is 3.14. The summed E-state index contributed by atoms with van der Waals surface area (Å²) >= 11 is 0. The molecule has 0 amide bonds. The van der Waals surface area contributed by atoms with Gasteiger partial charge in [-0.15, -0.1) is 0 Å². The van der Waals surface area contributed by atoms with Crippen molar-refractivity contribution in [1.82, 2.24) is 10.5 Å². The molecule has 1 aliphatic rings. The van der Waals surface area contributed by atoms with Crippen LogP contribution >= 0.6 is 0 Å². The van der Waals surface area contributed by atoms with Crippen molar-refractivity contribution in [2.24, 2.45) is 15.7 Å². The number of rotatable bonds is 7. The summed E-state index contributed by atoms with van der Waals surface area (Å²) in [6, 6.07) is 7.89. The lowest BCUT2D eigenvalue weighted by atomic mass is 10.1. The Balaban J connectivity index is 1.88. The van der Waals surface area contributed by atoms with Gasteiger partial charge in [0.25, 0.3) is 0 Å². The summed E-state index contributed by atoms with van der Waals surface area (Å²) < 4.78 is 42.3. The van der Waals surface area contributed by atoms with Crippen molar-refractivity contribution >= 4 is 32.8 Å². The zero-order chi connectivity index (χ0) is 21.7. The first-order valence-corrected chi connectivity index (χ1v) is 10.6. The summed E-state index contributed by atoms with van der Waals surface area (Å²) in [7, 11) is -3.61. The van der Waals surface area contributed by atoms with Crippen molar-refractivity contribution in [3.8, 4) is 0 Å². The van der Waals surface area contributed by atoms with Crippen molar-refractivity contribution in [3.63, 3.8) is 0 Å². The van der Waals surface area contributed by atoms with Gasteiger partial charge in [0.2, 0.25) is 0 Å². The Morgan fingerprint density at radius 3 is 2.80 bits per heavy atom. The number of halogens is 1. The molecule has 156 valence electrons. The number of hydrogen-bond donors (Lipinski definition) is 3. The van der Waals surface area contributed by atoms with Crippen molar-refractivity contribution in [2.75, 3.05) is 12.8 Å². The Kier molecular flexibility index (Phi) is 6.21. The number of nitrogens with zero attached hydrogens (tertiary/aromatic N) is 3. The fraction of sp³-hybridized carbons (Fsp3) is 0.158. The number of sulfone groups is 1. The quantitative estimate of drug-likeness (QED) is 0.569. The molecule has 0 saturated carbocycles. The van der Waals surface area contributed by atoms with Gasteiger partial charge in [-0.3, -0.25) is 15.4 Å². The molecular weight excluding hydrogens is 411 g/mol. The Hall–Kier alpha value is -3.60. The second-order valence-electron chi connectivity index (χ2n) is 6.34. The van der Waals surface area contributed by atoms with Crippen LogP contribution in [-0.2, 0) is 16.4 Å². The van der Waals surface area contributed by atoms with Crippen molar-refractivity contribution in [1.29, 1.82) is 5.41 Å². The molecule has 0 saturated heterocycles. The van der Waals surface area contributed by atoms with Crippen LogP contribution < -0.4 is 11.1 Å². The maximum atomic E-state index is 13.9. The fourth-order valence-corrected chi connectivity index (χ4v) is 3.24. The minimum absolute atomic E-state index is 0.0448. The van der Waals surface area contributed by atoms with E-state index in [1.54, 1.807) is 24.3 Å². The minimum Gasteiger partial charge on any atom is -0.383 e. The highest BCUT2D eigenvalue weighted by Gasteiger charge is 2.19. The van der Waals surface area contributed by atoms with E-state index in [0.717, 1.165) is 12.5 Å². The molecular formula is C19H19FN6O3S. The molecule has 11 heteroatoms. The second-order valence-corrected chi connectivity index (χ2v) is 8.33. The molecule has 1 aliphatic heterocycles. The molecule has 0 unspecified atom stereocenters. The van der Waals surface area contributed by atoms with E-state index < -0.39 is 9.84 Å². The van der Waals surface area contributed by atoms with E-state index in [1.165, 1.54) is 18.4 Å². The van der Waals surface area contributed by atoms with Crippen LogP contribution in [0.4, 0.5) is 4.39 Å². The Morgan fingerprint density at radius 1 is 1.37 bits per heavy atom. The van der Waals surface area contributed by atoms with Crippen LogP contribution in [0, 0.1) is 11.2 Å². The lowest BCUT2D eigenvalue weighted by Gasteiger charge is -2.10. The smallest absolute Gasteiger partial charge is 0.180 e. The lowest BCUT2D eigenvalue weighted by molar-refractivity contribution is 0.417. The number of allylic oxidation sites excluding steroid dienone is 1. The highest BCUT2D eigenvalue weighted by atomic mass is 32.2. The van der Waals surface area contributed by atoms with Crippen LogP contribution in [0.5, 0.6) is 0 Å². The van der Waals surface area contributed by atoms with E-state index in [1.807, 2.05) is 0 Å². The zero-order valence-corrected chi connectivity index (χ0v) is 16.8. The van der Waals surface area contributed by atoms with Crippen LogP contribution in [-0.4, -0.2) is 43.6 Å². The van der Waals surface area contributed by atoms with E-state index in [4.69, 9.17) is 15.7 Å². The summed E-state index contributed by atoms with van der Waals surface area (Å²) in [5, 5.41) is 15.2. The Morgan fingerprint density at radius 2 is 2.13 bits per heavy atom.